The lowest BCUT2D eigenvalue weighted by molar-refractivity contribution is 0.0598. The van der Waals surface area contributed by atoms with Crippen molar-refractivity contribution in [3.05, 3.63) is 41.1 Å². The largest absolute Gasteiger partial charge is 0.465 e. The highest BCUT2D eigenvalue weighted by molar-refractivity contribution is 8.02. The second kappa shape index (κ2) is 9.52. The van der Waals surface area contributed by atoms with E-state index in [9.17, 15) is 4.79 Å². The minimum absolute atomic E-state index is 0.352. The van der Waals surface area contributed by atoms with Crippen molar-refractivity contribution >= 4 is 51.7 Å². The SMILES string of the molecule is CCCCSc1nnc(SCc2nc3ccccc3c(C)c2C(=O)OC)s1. The lowest BCUT2D eigenvalue weighted by Crippen LogP contribution is -2.10. The molecule has 0 saturated heterocycles. The summed E-state index contributed by atoms with van der Waals surface area (Å²) in [7, 11) is 1.40. The highest BCUT2D eigenvalue weighted by Crippen LogP contribution is 2.33. The fourth-order valence-corrected chi connectivity index (χ4v) is 5.78. The van der Waals surface area contributed by atoms with Crippen LogP contribution in [0.1, 0.15) is 41.4 Å². The van der Waals surface area contributed by atoms with E-state index in [1.54, 1.807) is 34.9 Å². The van der Waals surface area contributed by atoms with Crippen LogP contribution in [0.4, 0.5) is 0 Å². The smallest absolute Gasteiger partial charge is 0.340 e. The topological polar surface area (TPSA) is 65.0 Å². The first kappa shape index (κ1) is 20.1. The van der Waals surface area contributed by atoms with Crippen LogP contribution in [0.3, 0.4) is 0 Å². The second-order valence-electron chi connectivity index (χ2n) is 5.89. The fourth-order valence-electron chi connectivity index (χ4n) is 2.67. The van der Waals surface area contributed by atoms with E-state index in [1.165, 1.54) is 20.0 Å². The molecule has 3 rings (SSSR count). The number of carbonyl (C=O) groups is 1. The molecule has 0 saturated carbocycles. The summed E-state index contributed by atoms with van der Waals surface area (Å²) in [6, 6.07) is 7.84. The van der Waals surface area contributed by atoms with Crippen molar-refractivity contribution in [2.75, 3.05) is 12.9 Å². The Hall–Kier alpha value is -1.64. The maximum absolute atomic E-state index is 12.4. The van der Waals surface area contributed by atoms with Crippen LogP contribution in [-0.2, 0) is 10.5 Å². The highest BCUT2D eigenvalue weighted by atomic mass is 32.2. The van der Waals surface area contributed by atoms with Gasteiger partial charge in [0, 0.05) is 16.9 Å². The summed E-state index contributed by atoms with van der Waals surface area (Å²) in [5.41, 5.74) is 3.05. The van der Waals surface area contributed by atoms with E-state index >= 15 is 0 Å². The van der Waals surface area contributed by atoms with Gasteiger partial charge in [-0.2, -0.15) is 0 Å². The number of hydrogen-bond donors (Lipinski definition) is 0. The van der Waals surface area contributed by atoms with Gasteiger partial charge in [0.25, 0.3) is 0 Å². The summed E-state index contributed by atoms with van der Waals surface area (Å²) in [5.74, 6) is 1.26. The molecule has 3 aromatic rings. The van der Waals surface area contributed by atoms with Crippen LogP contribution in [0.15, 0.2) is 32.9 Å². The van der Waals surface area contributed by atoms with Crippen LogP contribution in [0.2, 0.25) is 0 Å². The number of thioether (sulfide) groups is 2. The Balaban J connectivity index is 1.82. The van der Waals surface area contributed by atoms with Gasteiger partial charge in [0.2, 0.25) is 0 Å². The van der Waals surface area contributed by atoms with Crippen molar-refractivity contribution in [2.45, 2.75) is 41.1 Å². The third kappa shape index (κ3) is 4.80. The van der Waals surface area contributed by atoms with Crippen molar-refractivity contribution in [3.8, 4) is 0 Å². The summed E-state index contributed by atoms with van der Waals surface area (Å²) in [6.07, 6.45) is 2.35. The first-order valence-electron chi connectivity index (χ1n) is 8.69. The molecule has 8 heteroatoms. The monoisotopic (exact) mass is 419 g/mol. The zero-order chi connectivity index (χ0) is 19.2. The minimum atomic E-state index is -0.352. The van der Waals surface area contributed by atoms with E-state index in [2.05, 4.69) is 17.1 Å². The number of rotatable bonds is 8. The van der Waals surface area contributed by atoms with Gasteiger partial charge in [-0.3, -0.25) is 4.98 Å². The molecule has 0 spiro atoms. The summed E-state index contributed by atoms with van der Waals surface area (Å²) >= 11 is 4.89. The average Bonchev–Trinajstić information content (AvgIpc) is 3.14. The maximum Gasteiger partial charge on any atom is 0.340 e. The van der Waals surface area contributed by atoms with Crippen molar-refractivity contribution in [1.82, 2.24) is 15.2 Å². The molecule has 5 nitrogen and oxygen atoms in total. The number of nitrogens with zero attached hydrogens (tertiary/aromatic N) is 3. The lowest BCUT2D eigenvalue weighted by Gasteiger charge is -2.12. The summed E-state index contributed by atoms with van der Waals surface area (Å²) < 4.78 is 6.88. The maximum atomic E-state index is 12.4. The van der Waals surface area contributed by atoms with E-state index in [0.29, 0.717) is 11.3 Å². The van der Waals surface area contributed by atoms with Gasteiger partial charge in [-0.05, 0) is 25.0 Å². The van der Waals surface area contributed by atoms with E-state index in [0.717, 1.165) is 36.6 Å². The van der Waals surface area contributed by atoms with Gasteiger partial charge >= 0.3 is 5.97 Å². The summed E-state index contributed by atoms with van der Waals surface area (Å²) in [6.45, 7) is 4.12. The molecule has 0 bridgehead atoms. The molecule has 0 amide bonds. The van der Waals surface area contributed by atoms with Crippen LogP contribution >= 0.6 is 34.9 Å². The average molecular weight is 420 g/mol. The number of benzene rings is 1. The summed E-state index contributed by atoms with van der Waals surface area (Å²) in [4.78, 5) is 17.1. The van der Waals surface area contributed by atoms with Crippen molar-refractivity contribution < 1.29 is 9.53 Å². The van der Waals surface area contributed by atoms with Crippen LogP contribution in [0, 0.1) is 6.92 Å². The molecule has 2 aromatic heterocycles. The van der Waals surface area contributed by atoms with E-state index in [1.807, 2.05) is 31.2 Å². The molecule has 0 unspecified atom stereocenters. The molecule has 2 heterocycles. The Morgan fingerprint density at radius 3 is 2.67 bits per heavy atom. The first-order chi connectivity index (χ1) is 13.1. The van der Waals surface area contributed by atoms with Gasteiger partial charge in [0.1, 0.15) is 0 Å². The van der Waals surface area contributed by atoms with Crippen molar-refractivity contribution in [2.24, 2.45) is 0 Å². The normalized spacial score (nSPS) is 11.1. The fraction of sp³-hybridized carbons (Fsp3) is 0.368. The number of carbonyl (C=O) groups excluding carboxylic acids is 1. The third-order valence-electron chi connectivity index (χ3n) is 4.06. The molecule has 0 aliphatic heterocycles. The standard InChI is InChI=1S/C19H21N3O2S3/c1-4-5-10-25-18-21-22-19(27-18)26-11-15-16(17(23)24-3)12(2)13-8-6-7-9-14(13)20-15/h6-9H,4-5,10-11H2,1-3H3. The Labute approximate surface area is 171 Å². The number of pyridine rings is 1. The zero-order valence-electron chi connectivity index (χ0n) is 15.5. The van der Waals surface area contributed by atoms with E-state index in [-0.39, 0.29) is 5.97 Å². The molecule has 0 radical (unpaired) electrons. The lowest BCUT2D eigenvalue weighted by atomic mass is 10.0. The molecule has 0 atom stereocenters. The number of methoxy groups -OCH3 is 1. The van der Waals surface area contributed by atoms with Gasteiger partial charge in [-0.15, -0.1) is 10.2 Å². The van der Waals surface area contributed by atoms with Crippen molar-refractivity contribution in [3.63, 3.8) is 0 Å². The van der Waals surface area contributed by atoms with Gasteiger partial charge in [0.15, 0.2) is 8.68 Å². The predicted molar refractivity (Wildman–Crippen MR) is 113 cm³/mol. The Morgan fingerprint density at radius 1 is 1.19 bits per heavy atom. The molecule has 0 fully saturated rings. The quantitative estimate of drug-likeness (QED) is 0.276. The molecule has 1 aromatic carbocycles. The molecule has 0 N–H and O–H groups in total. The number of fused-ring (bicyclic) bond motifs is 1. The van der Waals surface area contributed by atoms with Gasteiger partial charge in [-0.1, -0.05) is 66.4 Å². The number of aryl methyl sites for hydroxylation is 1. The molecular formula is C19H21N3O2S3. The molecule has 0 aliphatic rings. The van der Waals surface area contributed by atoms with Gasteiger partial charge in [0.05, 0.1) is 23.9 Å². The Morgan fingerprint density at radius 2 is 1.93 bits per heavy atom. The van der Waals surface area contributed by atoms with Gasteiger partial charge < -0.3 is 4.74 Å². The van der Waals surface area contributed by atoms with E-state index in [4.69, 9.17) is 9.72 Å². The molecule has 142 valence electrons. The Kier molecular flexibility index (Phi) is 7.09. The van der Waals surface area contributed by atoms with Crippen LogP contribution in [-0.4, -0.2) is 34.0 Å². The number of para-hydroxylation sites is 1. The number of ether oxygens (including phenoxy) is 1. The van der Waals surface area contributed by atoms with Crippen LogP contribution in [0.5, 0.6) is 0 Å². The second-order valence-corrected chi connectivity index (χ2v) is 9.43. The number of aromatic nitrogens is 3. The van der Waals surface area contributed by atoms with Gasteiger partial charge in [-0.25, -0.2) is 4.79 Å². The highest BCUT2D eigenvalue weighted by Gasteiger charge is 2.20. The predicted octanol–water partition coefficient (Wildman–Crippen LogP) is 5.37. The third-order valence-corrected chi connectivity index (χ3v) is 7.35. The van der Waals surface area contributed by atoms with Crippen LogP contribution in [0.25, 0.3) is 10.9 Å². The molecule has 27 heavy (non-hydrogen) atoms. The summed E-state index contributed by atoms with van der Waals surface area (Å²) in [5, 5.41) is 9.47. The number of esters is 1. The van der Waals surface area contributed by atoms with Crippen molar-refractivity contribution in [1.29, 1.82) is 0 Å². The zero-order valence-corrected chi connectivity index (χ0v) is 18.0. The molecular weight excluding hydrogens is 398 g/mol. The Bertz CT molecular complexity index is 943. The number of unbranched alkanes of at least 4 members (excludes halogenated alkanes) is 1. The molecule has 0 aliphatic carbocycles. The first-order valence-corrected chi connectivity index (χ1v) is 11.5. The van der Waals surface area contributed by atoms with E-state index < -0.39 is 0 Å². The minimum Gasteiger partial charge on any atom is -0.465 e. The van der Waals surface area contributed by atoms with Crippen LogP contribution < -0.4 is 0 Å². The number of hydrogen-bond acceptors (Lipinski definition) is 8.